The van der Waals surface area contributed by atoms with Crippen molar-refractivity contribution in [2.75, 3.05) is 26.2 Å². The Balaban J connectivity index is 1.49. The maximum Gasteiger partial charge on any atom is 0.257 e. The Morgan fingerprint density at radius 1 is 1.27 bits per heavy atom. The third-order valence-corrected chi connectivity index (χ3v) is 6.26. The number of carbonyl (C=O) groups is 2. The van der Waals surface area contributed by atoms with Crippen LogP contribution >= 0.6 is 0 Å². The van der Waals surface area contributed by atoms with Crippen LogP contribution in [0.5, 0.6) is 5.75 Å². The van der Waals surface area contributed by atoms with E-state index in [9.17, 15) is 14.7 Å². The summed E-state index contributed by atoms with van der Waals surface area (Å²) in [5, 5.41) is 10.2. The lowest BCUT2D eigenvalue weighted by atomic mass is 9.73. The van der Waals surface area contributed by atoms with Crippen molar-refractivity contribution in [3.8, 4) is 5.75 Å². The SMILES string of the molecule is Cc1ccc(C(=O)N2CCCC3(CCC(=O)N(CC4CC4)C3)C2)c(O)c1. The zero-order chi connectivity index (χ0) is 18.3. The highest BCUT2D eigenvalue weighted by Crippen LogP contribution is 2.41. The predicted molar refractivity (Wildman–Crippen MR) is 99.0 cm³/mol. The summed E-state index contributed by atoms with van der Waals surface area (Å²) in [5.41, 5.74) is 1.35. The summed E-state index contributed by atoms with van der Waals surface area (Å²) < 4.78 is 0. The molecule has 26 heavy (non-hydrogen) atoms. The van der Waals surface area contributed by atoms with E-state index >= 15 is 0 Å². The first-order chi connectivity index (χ1) is 12.5. The summed E-state index contributed by atoms with van der Waals surface area (Å²) >= 11 is 0. The smallest absolute Gasteiger partial charge is 0.257 e. The number of amides is 2. The van der Waals surface area contributed by atoms with Crippen LogP contribution in [0.15, 0.2) is 18.2 Å². The summed E-state index contributed by atoms with van der Waals surface area (Å²) in [7, 11) is 0. The number of carbonyl (C=O) groups excluding carboxylic acids is 2. The zero-order valence-corrected chi connectivity index (χ0v) is 15.5. The van der Waals surface area contributed by atoms with Gasteiger partial charge in [-0.2, -0.15) is 0 Å². The number of hydrogen-bond donors (Lipinski definition) is 1. The number of nitrogens with zero attached hydrogens (tertiary/aromatic N) is 2. The maximum absolute atomic E-state index is 13.0. The van der Waals surface area contributed by atoms with Gasteiger partial charge in [0.25, 0.3) is 5.91 Å². The fourth-order valence-electron chi connectivity index (χ4n) is 4.59. The lowest BCUT2D eigenvalue weighted by Crippen LogP contribution is -2.55. The van der Waals surface area contributed by atoms with Gasteiger partial charge < -0.3 is 14.9 Å². The summed E-state index contributed by atoms with van der Waals surface area (Å²) in [4.78, 5) is 29.2. The minimum absolute atomic E-state index is 0.0248. The quantitative estimate of drug-likeness (QED) is 0.906. The van der Waals surface area contributed by atoms with E-state index in [0.29, 0.717) is 24.4 Å². The molecule has 0 aromatic heterocycles. The average Bonchev–Trinajstić information content (AvgIpc) is 3.42. The third kappa shape index (κ3) is 3.44. The molecule has 1 aromatic carbocycles. The van der Waals surface area contributed by atoms with Crippen molar-refractivity contribution >= 4 is 11.8 Å². The Hall–Kier alpha value is -2.04. The van der Waals surface area contributed by atoms with Crippen molar-refractivity contribution in [3.63, 3.8) is 0 Å². The van der Waals surface area contributed by atoms with Crippen molar-refractivity contribution in [1.29, 1.82) is 0 Å². The third-order valence-electron chi connectivity index (χ3n) is 6.26. The molecule has 2 amide bonds. The fourth-order valence-corrected chi connectivity index (χ4v) is 4.59. The standard InChI is InChI=1S/C21H28N2O3/c1-15-3-6-17(18(24)11-15)20(26)22-10-2-8-21(13-22)9-7-19(25)23(14-21)12-16-4-5-16/h3,6,11,16,24H,2,4-5,7-10,12-14H2,1H3. The van der Waals surface area contributed by atoms with Crippen LogP contribution in [0.3, 0.4) is 0 Å². The average molecular weight is 356 g/mol. The molecule has 5 nitrogen and oxygen atoms in total. The minimum Gasteiger partial charge on any atom is -0.507 e. The number of phenolic OH excluding ortho intramolecular Hbond substituents is 1. The molecule has 1 aliphatic carbocycles. The molecule has 1 atom stereocenters. The molecule has 140 valence electrons. The van der Waals surface area contributed by atoms with E-state index in [1.807, 2.05) is 17.9 Å². The van der Waals surface area contributed by atoms with Crippen molar-refractivity contribution in [3.05, 3.63) is 29.3 Å². The van der Waals surface area contributed by atoms with Gasteiger partial charge in [0.2, 0.25) is 5.91 Å². The van der Waals surface area contributed by atoms with Gasteiger partial charge in [-0.25, -0.2) is 0 Å². The van der Waals surface area contributed by atoms with Gasteiger partial charge in [-0.05, 0) is 62.6 Å². The van der Waals surface area contributed by atoms with Crippen LogP contribution in [0.2, 0.25) is 0 Å². The van der Waals surface area contributed by atoms with Crippen molar-refractivity contribution in [1.82, 2.24) is 9.80 Å². The van der Waals surface area contributed by atoms with Crippen LogP contribution in [0.4, 0.5) is 0 Å². The maximum atomic E-state index is 13.0. The van der Waals surface area contributed by atoms with Gasteiger partial charge in [-0.1, -0.05) is 6.07 Å². The van der Waals surface area contributed by atoms with Gasteiger partial charge in [-0.15, -0.1) is 0 Å². The molecule has 1 saturated carbocycles. The Morgan fingerprint density at radius 2 is 2.08 bits per heavy atom. The van der Waals surface area contributed by atoms with Crippen molar-refractivity contribution in [2.45, 2.75) is 45.4 Å². The monoisotopic (exact) mass is 356 g/mol. The second-order valence-corrected chi connectivity index (χ2v) is 8.57. The molecule has 0 radical (unpaired) electrons. The number of rotatable bonds is 3. The van der Waals surface area contributed by atoms with Gasteiger partial charge in [-0.3, -0.25) is 9.59 Å². The van der Waals surface area contributed by atoms with E-state index in [1.165, 1.54) is 12.8 Å². The number of piperidine rings is 2. The molecule has 2 aliphatic heterocycles. The highest BCUT2D eigenvalue weighted by Gasteiger charge is 2.44. The number of hydrogen-bond acceptors (Lipinski definition) is 3. The summed E-state index contributed by atoms with van der Waals surface area (Å²) in [6.45, 7) is 4.99. The van der Waals surface area contributed by atoms with E-state index in [2.05, 4.69) is 4.90 Å². The van der Waals surface area contributed by atoms with Crippen molar-refractivity contribution in [2.24, 2.45) is 11.3 Å². The number of likely N-dealkylation sites (tertiary alicyclic amines) is 2. The number of aryl methyl sites for hydroxylation is 1. The molecule has 1 aromatic rings. The van der Waals surface area contributed by atoms with Crippen LogP contribution in [0.1, 0.15) is 54.4 Å². The van der Waals surface area contributed by atoms with Gasteiger partial charge in [0.1, 0.15) is 5.75 Å². The van der Waals surface area contributed by atoms with E-state index in [4.69, 9.17) is 0 Å². The molecule has 1 N–H and O–H groups in total. The van der Waals surface area contributed by atoms with E-state index in [0.717, 1.165) is 44.5 Å². The number of aromatic hydroxyl groups is 1. The lowest BCUT2D eigenvalue weighted by molar-refractivity contribution is -0.139. The van der Waals surface area contributed by atoms with E-state index < -0.39 is 0 Å². The Labute approximate surface area is 155 Å². The molecule has 1 spiro atoms. The first kappa shape index (κ1) is 17.4. The predicted octanol–water partition coefficient (Wildman–Crippen LogP) is 2.96. The van der Waals surface area contributed by atoms with Crippen LogP contribution < -0.4 is 0 Å². The Morgan fingerprint density at radius 3 is 2.81 bits per heavy atom. The Bertz CT molecular complexity index is 728. The molecule has 3 aliphatic rings. The molecule has 1 unspecified atom stereocenters. The van der Waals surface area contributed by atoms with Crippen molar-refractivity contribution < 1.29 is 14.7 Å². The number of phenols is 1. The molecular weight excluding hydrogens is 328 g/mol. The Kier molecular flexibility index (Phi) is 4.41. The number of benzene rings is 1. The fraction of sp³-hybridized carbons (Fsp3) is 0.619. The molecule has 4 rings (SSSR count). The molecule has 2 heterocycles. The van der Waals surface area contributed by atoms with E-state index in [1.54, 1.807) is 12.1 Å². The molecular formula is C21H28N2O3. The van der Waals surface area contributed by atoms with Crippen LogP contribution in [0.25, 0.3) is 0 Å². The first-order valence-corrected chi connectivity index (χ1v) is 9.82. The van der Waals surface area contributed by atoms with Gasteiger partial charge in [0, 0.05) is 38.0 Å². The van der Waals surface area contributed by atoms with E-state index in [-0.39, 0.29) is 23.0 Å². The first-order valence-electron chi connectivity index (χ1n) is 9.82. The second kappa shape index (κ2) is 6.60. The van der Waals surface area contributed by atoms with Crippen LogP contribution in [0, 0.1) is 18.3 Å². The van der Waals surface area contributed by atoms with Gasteiger partial charge in [0.15, 0.2) is 0 Å². The molecule has 5 heteroatoms. The van der Waals surface area contributed by atoms with Crippen LogP contribution in [-0.2, 0) is 4.79 Å². The van der Waals surface area contributed by atoms with Crippen LogP contribution in [-0.4, -0.2) is 52.9 Å². The van der Waals surface area contributed by atoms with Gasteiger partial charge in [0.05, 0.1) is 5.56 Å². The topological polar surface area (TPSA) is 60.9 Å². The largest absolute Gasteiger partial charge is 0.507 e. The minimum atomic E-state index is -0.0905. The zero-order valence-electron chi connectivity index (χ0n) is 15.5. The highest BCUT2D eigenvalue weighted by atomic mass is 16.3. The summed E-state index contributed by atoms with van der Waals surface area (Å²) in [6, 6.07) is 5.23. The van der Waals surface area contributed by atoms with Gasteiger partial charge >= 0.3 is 0 Å². The summed E-state index contributed by atoms with van der Waals surface area (Å²) in [5.74, 6) is 0.943. The molecule has 2 saturated heterocycles. The highest BCUT2D eigenvalue weighted by molar-refractivity contribution is 5.97. The molecule has 0 bridgehead atoms. The second-order valence-electron chi connectivity index (χ2n) is 8.57. The normalized spacial score (nSPS) is 26.4. The summed E-state index contributed by atoms with van der Waals surface area (Å²) in [6.07, 6.45) is 6.00. The lowest BCUT2D eigenvalue weighted by Gasteiger charge is -2.48. The molecule has 3 fully saturated rings.